The van der Waals surface area contributed by atoms with Crippen molar-refractivity contribution in [2.45, 2.75) is 25.6 Å². The molecule has 1 aliphatic heterocycles. The first kappa shape index (κ1) is 24.2. The van der Waals surface area contributed by atoms with E-state index in [-0.39, 0.29) is 23.3 Å². The Hall–Kier alpha value is -4.47. The lowest BCUT2D eigenvalue weighted by atomic mass is 10.00. The Morgan fingerprint density at radius 2 is 1.73 bits per heavy atom. The van der Waals surface area contributed by atoms with E-state index in [1.807, 2.05) is 6.07 Å². The number of carbonyl (C=O) groups excluding carboxylic acids is 1. The maximum atomic E-state index is 13.8. The molecule has 3 N–H and O–H groups in total. The molecule has 0 saturated carbocycles. The molecule has 0 spiro atoms. The molecular formula is C27H23F3N6O. The summed E-state index contributed by atoms with van der Waals surface area (Å²) < 4.78 is 41.4. The molecule has 10 heteroatoms. The zero-order valence-corrected chi connectivity index (χ0v) is 19.7. The number of hydrogen-bond donors (Lipinski definition) is 2. The number of aryl methyl sites for hydroxylation is 1. The Balaban J connectivity index is 1.61. The van der Waals surface area contributed by atoms with E-state index < -0.39 is 24.2 Å². The standard InChI is InChI=1S/C27H23F3N6O/c28-27(29,30)21-11-5-4-9-20(21)16-36(24(37)19-12-13-22-18(15-19)10-6-14-32-22)26-34-23(33-25(31)35-26)17-7-2-1-3-8-17/h1-5,7-9,11-13,15,32H,6,10,14,16H2,(H2,31,33,34,35). The van der Waals surface area contributed by atoms with Crippen molar-refractivity contribution in [3.8, 4) is 11.4 Å². The zero-order valence-electron chi connectivity index (χ0n) is 19.7. The summed E-state index contributed by atoms with van der Waals surface area (Å²) in [5.41, 5.74) is 7.88. The van der Waals surface area contributed by atoms with Crippen LogP contribution in [0.15, 0.2) is 72.8 Å². The molecule has 0 atom stereocenters. The average Bonchev–Trinajstić information content (AvgIpc) is 2.91. The molecule has 5 rings (SSSR count). The number of nitrogens with zero attached hydrogens (tertiary/aromatic N) is 4. The molecular weight excluding hydrogens is 481 g/mol. The first-order valence-corrected chi connectivity index (χ1v) is 11.7. The van der Waals surface area contributed by atoms with Gasteiger partial charge in [-0.15, -0.1) is 0 Å². The van der Waals surface area contributed by atoms with Gasteiger partial charge in [-0.25, -0.2) is 0 Å². The van der Waals surface area contributed by atoms with E-state index in [1.165, 1.54) is 18.2 Å². The van der Waals surface area contributed by atoms with Crippen LogP contribution in [0.1, 0.15) is 33.5 Å². The highest BCUT2D eigenvalue weighted by atomic mass is 19.4. The highest BCUT2D eigenvalue weighted by Gasteiger charge is 2.34. The lowest BCUT2D eigenvalue weighted by Gasteiger charge is -2.24. The molecule has 3 aromatic carbocycles. The first-order valence-electron chi connectivity index (χ1n) is 11.7. The largest absolute Gasteiger partial charge is 0.416 e. The summed E-state index contributed by atoms with van der Waals surface area (Å²) >= 11 is 0. The highest BCUT2D eigenvalue weighted by Crippen LogP contribution is 2.33. The van der Waals surface area contributed by atoms with Crippen LogP contribution < -0.4 is 16.0 Å². The number of hydrogen-bond acceptors (Lipinski definition) is 6. The minimum absolute atomic E-state index is 0.0942. The van der Waals surface area contributed by atoms with Crippen LogP contribution in [0, 0.1) is 0 Å². The molecule has 0 radical (unpaired) electrons. The molecule has 188 valence electrons. The van der Waals surface area contributed by atoms with Crippen molar-refractivity contribution in [1.82, 2.24) is 15.0 Å². The fraction of sp³-hybridized carbons (Fsp3) is 0.185. The first-order chi connectivity index (χ1) is 17.8. The number of alkyl halides is 3. The van der Waals surface area contributed by atoms with E-state index >= 15 is 0 Å². The number of halogens is 3. The molecule has 2 heterocycles. The summed E-state index contributed by atoms with van der Waals surface area (Å²) in [5, 5.41) is 3.29. The average molecular weight is 505 g/mol. The van der Waals surface area contributed by atoms with E-state index in [2.05, 4.69) is 20.3 Å². The Labute approximate surface area is 211 Å². The van der Waals surface area contributed by atoms with Gasteiger partial charge in [-0.2, -0.15) is 28.1 Å². The van der Waals surface area contributed by atoms with Crippen molar-refractivity contribution in [2.75, 3.05) is 22.5 Å². The molecule has 1 aliphatic rings. The third kappa shape index (κ3) is 5.23. The molecule has 1 amide bonds. The highest BCUT2D eigenvalue weighted by molar-refractivity contribution is 6.05. The van der Waals surface area contributed by atoms with Gasteiger partial charge in [0.1, 0.15) is 0 Å². The second-order valence-corrected chi connectivity index (χ2v) is 8.63. The van der Waals surface area contributed by atoms with Crippen LogP contribution >= 0.6 is 0 Å². The van der Waals surface area contributed by atoms with Gasteiger partial charge in [0.25, 0.3) is 5.91 Å². The predicted octanol–water partition coefficient (Wildman–Crippen LogP) is 5.34. The number of aromatic nitrogens is 3. The number of carbonyl (C=O) groups is 1. The van der Waals surface area contributed by atoms with Gasteiger partial charge in [0.15, 0.2) is 5.82 Å². The van der Waals surface area contributed by atoms with Gasteiger partial charge in [-0.05, 0) is 48.2 Å². The number of amides is 1. The molecule has 0 bridgehead atoms. The smallest absolute Gasteiger partial charge is 0.385 e. The normalized spacial score (nSPS) is 12.9. The lowest BCUT2D eigenvalue weighted by Crippen LogP contribution is -2.33. The topological polar surface area (TPSA) is 97.0 Å². The Bertz CT molecular complexity index is 1440. The number of rotatable bonds is 5. The Morgan fingerprint density at radius 3 is 2.51 bits per heavy atom. The number of fused-ring (bicyclic) bond motifs is 1. The van der Waals surface area contributed by atoms with Gasteiger partial charge in [-0.1, -0.05) is 48.5 Å². The number of nitrogens with two attached hydrogens (primary N) is 1. The van der Waals surface area contributed by atoms with Gasteiger partial charge in [0, 0.05) is 23.4 Å². The third-order valence-corrected chi connectivity index (χ3v) is 6.10. The number of nitrogen functional groups attached to an aromatic ring is 1. The van der Waals surface area contributed by atoms with Crippen LogP contribution in [0.25, 0.3) is 11.4 Å². The van der Waals surface area contributed by atoms with Crippen molar-refractivity contribution in [3.05, 3.63) is 95.1 Å². The van der Waals surface area contributed by atoms with Crippen molar-refractivity contribution < 1.29 is 18.0 Å². The SMILES string of the molecule is Nc1nc(-c2ccccc2)nc(N(Cc2ccccc2C(F)(F)F)C(=O)c2ccc3c(c2)CCCN3)n1. The second kappa shape index (κ2) is 9.88. The van der Waals surface area contributed by atoms with Crippen LogP contribution in [0.4, 0.5) is 30.8 Å². The summed E-state index contributed by atoms with van der Waals surface area (Å²) in [6.07, 6.45) is -2.90. The number of nitrogens with one attached hydrogen (secondary N) is 1. The van der Waals surface area contributed by atoms with Crippen molar-refractivity contribution >= 4 is 23.5 Å². The zero-order chi connectivity index (χ0) is 26.0. The molecule has 1 aromatic heterocycles. The van der Waals surface area contributed by atoms with E-state index in [0.29, 0.717) is 11.1 Å². The van der Waals surface area contributed by atoms with Crippen LogP contribution in [-0.2, 0) is 19.1 Å². The van der Waals surface area contributed by atoms with E-state index in [0.717, 1.165) is 41.6 Å². The predicted molar refractivity (Wildman–Crippen MR) is 135 cm³/mol. The maximum absolute atomic E-state index is 13.8. The molecule has 0 unspecified atom stereocenters. The monoisotopic (exact) mass is 504 g/mol. The van der Waals surface area contributed by atoms with Crippen molar-refractivity contribution in [3.63, 3.8) is 0 Å². The molecule has 0 saturated heterocycles. The summed E-state index contributed by atoms with van der Waals surface area (Å²) in [4.78, 5) is 27.7. The summed E-state index contributed by atoms with van der Waals surface area (Å²) in [5.74, 6) is -0.626. The van der Waals surface area contributed by atoms with Crippen LogP contribution in [-0.4, -0.2) is 27.4 Å². The van der Waals surface area contributed by atoms with E-state index in [9.17, 15) is 18.0 Å². The van der Waals surface area contributed by atoms with E-state index in [4.69, 9.17) is 5.73 Å². The van der Waals surface area contributed by atoms with Crippen LogP contribution in [0.2, 0.25) is 0 Å². The van der Waals surface area contributed by atoms with Crippen molar-refractivity contribution in [2.24, 2.45) is 0 Å². The fourth-order valence-electron chi connectivity index (χ4n) is 4.32. The third-order valence-electron chi connectivity index (χ3n) is 6.10. The number of anilines is 3. The van der Waals surface area contributed by atoms with Gasteiger partial charge < -0.3 is 11.1 Å². The van der Waals surface area contributed by atoms with Gasteiger partial charge in [-0.3, -0.25) is 9.69 Å². The Kier molecular flexibility index (Phi) is 6.47. The van der Waals surface area contributed by atoms with E-state index in [1.54, 1.807) is 42.5 Å². The Morgan fingerprint density at radius 1 is 0.973 bits per heavy atom. The van der Waals surface area contributed by atoms with Gasteiger partial charge >= 0.3 is 6.18 Å². The summed E-state index contributed by atoms with van der Waals surface area (Å²) in [6, 6.07) is 19.3. The molecule has 0 fully saturated rings. The molecule has 0 aliphatic carbocycles. The summed E-state index contributed by atoms with van der Waals surface area (Å²) in [7, 11) is 0. The van der Waals surface area contributed by atoms with Gasteiger partial charge in [0.05, 0.1) is 12.1 Å². The van der Waals surface area contributed by atoms with Crippen molar-refractivity contribution in [1.29, 1.82) is 0 Å². The molecule has 7 nitrogen and oxygen atoms in total. The molecule has 4 aromatic rings. The molecule has 37 heavy (non-hydrogen) atoms. The minimum atomic E-state index is -4.60. The summed E-state index contributed by atoms with van der Waals surface area (Å²) in [6.45, 7) is 0.425. The lowest BCUT2D eigenvalue weighted by molar-refractivity contribution is -0.138. The van der Waals surface area contributed by atoms with Crippen LogP contribution in [0.3, 0.4) is 0 Å². The minimum Gasteiger partial charge on any atom is -0.385 e. The van der Waals surface area contributed by atoms with Gasteiger partial charge in [0.2, 0.25) is 11.9 Å². The number of benzene rings is 3. The second-order valence-electron chi connectivity index (χ2n) is 8.63. The van der Waals surface area contributed by atoms with Crippen LogP contribution in [0.5, 0.6) is 0 Å². The fourth-order valence-corrected chi connectivity index (χ4v) is 4.32. The quantitative estimate of drug-likeness (QED) is 0.381. The maximum Gasteiger partial charge on any atom is 0.416 e.